The summed E-state index contributed by atoms with van der Waals surface area (Å²) in [4.78, 5) is 19.9. The van der Waals surface area contributed by atoms with E-state index in [9.17, 15) is 13.6 Å². The van der Waals surface area contributed by atoms with Gasteiger partial charge in [-0.2, -0.15) is 4.39 Å². The SMILES string of the molecule is O=C1N[C@H](c2cc(C#Cc3cncc(C4CC4)c3)cnc2F)[C@@H](c2ccc(F)cc2)O1. The third kappa shape index (κ3) is 4.10. The van der Waals surface area contributed by atoms with Crippen LogP contribution in [0.25, 0.3) is 0 Å². The quantitative estimate of drug-likeness (QED) is 0.502. The lowest BCUT2D eigenvalue weighted by atomic mass is 9.96. The third-order valence-electron chi connectivity index (χ3n) is 5.37. The van der Waals surface area contributed by atoms with Crippen LogP contribution in [-0.2, 0) is 4.74 Å². The van der Waals surface area contributed by atoms with E-state index in [-0.39, 0.29) is 5.56 Å². The molecule has 2 aromatic heterocycles. The number of hydrogen-bond acceptors (Lipinski definition) is 4. The molecular weight excluding hydrogens is 400 g/mol. The van der Waals surface area contributed by atoms with Crippen LogP contribution in [-0.4, -0.2) is 16.1 Å². The predicted octanol–water partition coefficient (Wildman–Crippen LogP) is 4.55. The monoisotopic (exact) mass is 417 g/mol. The number of ether oxygens (including phenoxy) is 1. The molecule has 31 heavy (non-hydrogen) atoms. The molecule has 3 aromatic rings. The van der Waals surface area contributed by atoms with Crippen LogP contribution in [0.1, 0.15) is 58.7 Å². The molecule has 1 saturated carbocycles. The number of rotatable bonds is 3. The molecule has 154 valence electrons. The summed E-state index contributed by atoms with van der Waals surface area (Å²) in [6, 6.07) is 8.28. The summed E-state index contributed by atoms with van der Waals surface area (Å²) in [5.74, 6) is 5.46. The Balaban J connectivity index is 1.45. The Morgan fingerprint density at radius 2 is 1.71 bits per heavy atom. The summed E-state index contributed by atoms with van der Waals surface area (Å²) in [7, 11) is 0. The van der Waals surface area contributed by atoms with E-state index < -0.39 is 30.0 Å². The number of nitrogens with zero attached hydrogens (tertiary/aromatic N) is 2. The molecule has 2 atom stereocenters. The molecule has 2 aliphatic rings. The van der Waals surface area contributed by atoms with Gasteiger partial charge in [-0.05, 0) is 54.2 Å². The van der Waals surface area contributed by atoms with Gasteiger partial charge in [-0.1, -0.05) is 24.0 Å². The van der Waals surface area contributed by atoms with Gasteiger partial charge in [-0.15, -0.1) is 0 Å². The van der Waals surface area contributed by atoms with Crippen molar-refractivity contribution in [2.24, 2.45) is 0 Å². The van der Waals surface area contributed by atoms with Crippen molar-refractivity contribution in [1.82, 2.24) is 15.3 Å². The maximum atomic E-state index is 14.6. The average molecular weight is 417 g/mol. The summed E-state index contributed by atoms with van der Waals surface area (Å²) >= 11 is 0. The number of nitrogens with one attached hydrogen (secondary N) is 1. The highest BCUT2D eigenvalue weighted by molar-refractivity contribution is 5.71. The predicted molar refractivity (Wildman–Crippen MR) is 108 cm³/mol. The van der Waals surface area contributed by atoms with Gasteiger partial charge >= 0.3 is 6.09 Å². The van der Waals surface area contributed by atoms with Crippen LogP contribution in [0.3, 0.4) is 0 Å². The number of amides is 1. The fraction of sp³-hybridized carbons (Fsp3) is 0.208. The maximum Gasteiger partial charge on any atom is 0.408 e. The number of cyclic esters (lactones) is 1. The smallest absolute Gasteiger partial charge is 0.408 e. The minimum Gasteiger partial charge on any atom is -0.439 e. The van der Waals surface area contributed by atoms with Gasteiger partial charge in [0.05, 0.1) is 0 Å². The molecule has 1 amide bonds. The van der Waals surface area contributed by atoms with Gasteiger partial charge in [0.1, 0.15) is 11.9 Å². The Morgan fingerprint density at radius 3 is 2.45 bits per heavy atom. The number of hydrogen-bond donors (Lipinski definition) is 1. The van der Waals surface area contributed by atoms with E-state index >= 15 is 0 Å². The highest BCUT2D eigenvalue weighted by Gasteiger charge is 2.38. The van der Waals surface area contributed by atoms with Crippen molar-refractivity contribution in [3.8, 4) is 11.8 Å². The van der Waals surface area contributed by atoms with Crippen molar-refractivity contribution in [1.29, 1.82) is 0 Å². The Hall–Kier alpha value is -3.79. The minimum atomic E-state index is -0.813. The van der Waals surface area contributed by atoms with Gasteiger partial charge in [0.2, 0.25) is 5.95 Å². The topological polar surface area (TPSA) is 64.1 Å². The first-order valence-corrected chi connectivity index (χ1v) is 9.92. The normalized spacial score (nSPS) is 19.9. The summed E-state index contributed by atoms with van der Waals surface area (Å²) in [5.41, 5.74) is 3.14. The van der Waals surface area contributed by atoms with Crippen LogP contribution in [0.15, 0.2) is 55.0 Å². The third-order valence-corrected chi connectivity index (χ3v) is 5.37. The number of pyridine rings is 2. The zero-order chi connectivity index (χ0) is 21.4. The van der Waals surface area contributed by atoms with E-state index in [1.165, 1.54) is 48.9 Å². The van der Waals surface area contributed by atoms with E-state index in [2.05, 4.69) is 27.1 Å². The zero-order valence-electron chi connectivity index (χ0n) is 16.3. The van der Waals surface area contributed by atoms with E-state index in [1.807, 2.05) is 12.3 Å². The summed E-state index contributed by atoms with van der Waals surface area (Å²) in [5, 5.41) is 2.61. The second kappa shape index (κ2) is 7.80. The number of carbonyl (C=O) groups is 1. The van der Waals surface area contributed by atoms with E-state index in [4.69, 9.17) is 4.74 Å². The van der Waals surface area contributed by atoms with Crippen molar-refractivity contribution in [3.63, 3.8) is 0 Å². The molecule has 1 N–H and O–H groups in total. The van der Waals surface area contributed by atoms with Crippen LogP contribution in [0.2, 0.25) is 0 Å². The summed E-state index contributed by atoms with van der Waals surface area (Å²) in [6.07, 6.45) is 5.74. The molecule has 0 spiro atoms. The number of alkyl carbamates (subject to hydrolysis) is 1. The lowest BCUT2D eigenvalue weighted by molar-refractivity contribution is 0.131. The highest BCUT2D eigenvalue weighted by Crippen LogP contribution is 2.40. The second-order valence-corrected chi connectivity index (χ2v) is 7.63. The molecule has 2 fully saturated rings. The van der Waals surface area contributed by atoms with Gasteiger partial charge in [0.15, 0.2) is 6.10 Å². The molecule has 1 aromatic carbocycles. The van der Waals surface area contributed by atoms with Gasteiger partial charge in [-0.3, -0.25) is 4.98 Å². The van der Waals surface area contributed by atoms with Crippen molar-refractivity contribution >= 4 is 6.09 Å². The summed E-state index contributed by atoms with van der Waals surface area (Å²) < 4.78 is 33.2. The number of halogens is 2. The first-order chi connectivity index (χ1) is 15.1. The number of benzene rings is 1. The largest absolute Gasteiger partial charge is 0.439 e. The zero-order valence-corrected chi connectivity index (χ0v) is 16.3. The van der Waals surface area contributed by atoms with Crippen LogP contribution in [0, 0.1) is 23.6 Å². The van der Waals surface area contributed by atoms with Crippen LogP contribution in [0.5, 0.6) is 0 Å². The lowest BCUT2D eigenvalue weighted by Gasteiger charge is -2.18. The van der Waals surface area contributed by atoms with Gasteiger partial charge < -0.3 is 10.1 Å². The Bertz CT molecular complexity index is 1210. The highest BCUT2D eigenvalue weighted by atomic mass is 19.1. The standard InChI is InChI=1S/C24H17F2N3O2/c25-19-7-5-17(6-8-19)22-21(29-24(30)31-22)20-10-15(12-28-23(20)26)2-1-14-9-18(13-27-11-14)16-3-4-16/h5-13,16,21-22H,3-4H2,(H,29,30)/t21-,22-/m1/s1. The summed E-state index contributed by atoms with van der Waals surface area (Å²) in [6.45, 7) is 0. The van der Waals surface area contributed by atoms with Gasteiger partial charge in [0, 0.05) is 35.3 Å². The molecule has 5 nitrogen and oxygen atoms in total. The Labute approximate surface area is 177 Å². The number of aromatic nitrogens is 2. The molecule has 0 bridgehead atoms. The molecule has 0 radical (unpaired) electrons. The molecule has 1 aliphatic carbocycles. The van der Waals surface area contributed by atoms with Crippen molar-refractivity contribution in [2.45, 2.75) is 30.9 Å². The van der Waals surface area contributed by atoms with Crippen LogP contribution in [0.4, 0.5) is 13.6 Å². The van der Waals surface area contributed by atoms with Crippen molar-refractivity contribution < 1.29 is 18.3 Å². The Kier molecular flexibility index (Phi) is 4.83. The first kappa shape index (κ1) is 19.2. The molecule has 7 heteroatoms. The van der Waals surface area contributed by atoms with Gasteiger partial charge in [0.25, 0.3) is 0 Å². The second-order valence-electron chi connectivity index (χ2n) is 7.63. The van der Waals surface area contributed by atoms with Crippen LogP contribution < -0.4 is 5.32 Å². The average Bonchev–Trinajstić information content (AvgIpc) is 3.56. The molecule has 1 aliphatic heterocycles. The molecule has 3 heterocycles. The lowest BCUT2D eigenvalue weighted by Crippen LogP contribution is -2.21. The van der Waals surface area contributed by atoms with E-state index in [0.717, 1.165) is 5.56 Å². The fourth-order valence-corrected chi connectivity index (χ4v) is 3.64. The van der Waals surface area contributed by atoms with E-state index in [0.29, 0.717) is 17.0 Å². The van der Waals surface area contributed by atoms with Crippen molar-refractivity contribution in [2.75, 3.05) is 0 Å². The molecule has 1 saturated heterocycles. The van der Waals surface area contributed by atoms with Crippen molar-refractivity contribution in [3.05, 3.63) is 94.6 Å². The fourth-order valence-electron chi connectivity index (χ4n) is 3.64. The molecule has 0 unspecified atom stereocenters. The minimum absolute atomic E-state index is 0.150. The molecule has 5 rings (SSSR count). The van der Waals surface area contributed by atoms with E-state index in [1.54, 1.807) is 12.3 Å². The van der Waals surface area contributed by atoms with Gasteiger partial charge in [-0.25, -0.2) is 14.2 Å². The Morgan fingerprint density at radius 1 is 0.968 bits per heavy atom. The maximum absolute atomic E-state index is 14.6. The van der Waals surface area contributed by atoms with Crippen LogP contribution >= 0.6 is 0 Å². The number of carbonyl (C=O) groups excluding carboxylic acids is 1. The first-order valence-electron chi connectivity index (χ1n) is 9.92. The molecular formula is C24H17F2N3O2.